The number of hydrogen-bond acceptors (Lipinski definition) is 5. The van der Waals surface area contributed by atoms with Crippen LogP contribution in [0.5, 0.6) is 0 Å². The van der Waals surface area contributed by atoms with E-state index in [9.17, 15) is 10.1 Å². The molecule has 0 saturated heterocycles. The summed E-state index contributed by atoms with van der Waals surface area (Å²) in [6, 6.07) is 2.73. The highest BCUT2D eigenvalue weighted by Gasteiger charge is 2.24. The molecule has 6 heteroatoms. The minimum Gasteiger partial charge on any atom is -0.383 e. The molecule has 2 rings (SSSR count). The van der Waals surface area contributed by atoms with Gasteiger partial charge in [-0.3, -0.25) is 10.1 Å². The van der Waals surface area contributed by atoms with Gasteiger partial charge < -0.3 is 10.6 Å². The Bertz CT molecular complexity index is 417. The van der Waals surface area contributed by atoms with Crippen molar-refractivity contribution in [1.29, 1.82) is 0 Å². The fraction of sp³-hybridized carbons (Fsp3) is 0.500. The number of anilines is 2. The number of aromatic nitrogens is 1. The number of hydrogen-bond donors (Lipinski definition) is 1. The Morgan fingerprint density at radius 2 is 2.31 bits per heavy atom. The first-order valence-electron chi connectivity index (χ1n) is 5.19. The van der Waals surface area contributed by atoms with Crippen LogP contribution in [-0.2, 0) is 0 Å². The Morgan fingerprint density at radius 1 is 1.62 bits per heavy atom. The summed E-state index contributed by atoms with van der Waals surface area (Å²) < 4.78 is 0. The van der Waals surface area contributed by atoms with E-state index in [0.29, 0.717) is 11.7 Å². The topological polar surface area (TPSA) is 85.3 Å². The van der Waals surface area contributed by atoms with E-state index in [1.807, 2.05) is 11.9 Å². The largest absolute Gasteiger partial charge is 0.383 e. The van der Waals surface area contributed by atoms with E-state index in [2.05, 4.69) is 4.98 Å². The summed E-state index contributed by atoms with van der Waals surface area (Å²) in [5.74, 6) is 1.46. The van der Waals surface area contributed by atoms with Gasteiger partial charge in [0.1, 0.15) is 11.6 Å². The third-order valence-electron chi connectivity index (χ3n) is 2.65. The number of nitrogen functional groups attached to an aromatic ring is 1. The van der Waals surface area contributed by atoms with Gasteiger partial charge in [0.05, 0.1) is 17.1 Å². The number of rotatable bonds is 4. The molecule has 1 aliphatic rings. The molecule has 0 radical (unpaired) electrons. The van der Waals surface area contributed by atoms with Gasteiger partial charge in [-0.25, -0.2) is 4.98 Å². The lowest BCUT2D eigenvalue weighted by atomic mass is 10.3. The molecule has 1 aliphatic carbocycles. The maximum absolute atomic E-state index is 10.7. The highest BCUT2D eigenvalue weighted by molar-refractivity contribution is 5.53. The van der Waals surface area contributed by atoms with Gasteiger partial charge in [0, 0.05) is 13.6 Å². The molecule has 1 fully saturated rings. The normalized spacial score (nSPS) is 14.8. The van der Waals surface area contributed by atoms with Crippen LogP contribution in [0, 0.1) is 16.0 Å². The molecular formula is C10H14N4O2. The van der Waals surface area contributed by atoms with E-state index >= 15 is 0 Å². The van der Waals surface area contributed by atoms with Crippen molar-refractivity contribution in [3.05, 3.63) is 22.2 Å². The predicted molar refractivity (Wildman–Crippen MR) is 61.3 cm³/mol. The monoisotopic (exact) mass is 222 g/mol. The van der Waals surface area contributed by atoms with Crippen molar-refractivity contribution in [3.63, 3.8) is 0 Å². The van der Waals surface area contributed by atoms with Crippen LogP contribution < -0.4 is 10.6 Å². The van der Waals surface area contributed by atoms with E-state index in [0.717, 1.165) is 6.54 Å². The fourth-order valence-electron chi connectivity index (χ4n) is 1.60. The average Bonchev–Trinajstić information content (AvgIpc) is 3.00. The summed E-state index contributed by atoms with van der Waals surface area (Å²) in [6.07, 6.45) is 2.46. The van der Waals surface area contributed by atoms with Gasteiger partial charge in [-0.05, 0) is 18.8 Å². The molecular weight excluding hydrogens is 208 g/mol. The molecule has 0 aromatic carbocycles. The van der Waals surface area contributed by atoms with Gasteiger partial charge in [-0.2, -0.15) is 0 Å². The molecule has 0 atom stereocenters. The van der Waals surface area contributed by atoms with Gasteiger partial charge in [-0.1, -0.05) is 0 Å². The first-order chi connectivity index (χ1) is 7.56. The lowest BCUT2D eigenvalue weighted by Gasteiger charge is -2.17. The molecule has 1 saturated carbocycles. The Labute approximate surface area is 93.2 Å². The third kappa shape index (κ3) is 2.39. The Kier molecular flexibility index (Phi) is 2.64. The fourth-order valence-corrected chi connectivity index (χ4v) is 1.60. The Balaban J connectivity index is 2.21. The van der Waals surface area contributed by atoms with Crippen LogP contribution in [0.15, 0.2) is 12.1 Å². The second-order valence-electron chi connectivity index (χ2n) is 4.19. The van der Waals surface area contributed by atoms with Crippen molar-refractivity contribution in [1.82, 2.24) is 4.98 Å². The highest BCUT2D eigenvalue weighted by Crippen LogP contribution is 2.31. The SMILES string of the molecule is CN(CC1CC1)c1cc([N+](=O)[O-])cc(N)n1. The molecule has 1 aromatic heterocycles. The standard InChI is InChI=1S/C10H14N4O2/c1-13(6-7-2-3-7)10-5-8(14(15)16)4-9(11)12-10/h4-5,7H,2-3,6H2,1H3,(H2,11,12). The maximum Gasteiger partial charge on any atom is 0.276 e. The van der Waals surface area contributed by atoms with Crippen LogP contribution in [-0.4, -0.2) is 23.5 Å². The molecule has 1 heterocycles. The quantitative estimate of drug-likeness (QED) is 0.615. The lowest BCUT2D eigenvalue weighted by molar-refractivity contribution is -0.384. The number of nitro groups is 1. The molecule has 0 bridgehead atoms. The van der Waals surface area contributed by atoms with Gasteiger partial charge in [0.2, 0.25) is 0 Å². The Morgan fingerprint density at radius 3 is 2.88 bits per heavy atom. The van der Waals surface area contributed by atoms with Gasteiger partial charge in [0.15, 0.2) is 0 Å². The zero-order chi connectivity index (χ0) is 11.7. The summed E-state index contributed by atoms with van der Waals surface area (Å²) in [7, 11) is 1.88. The van der Waals surface area contributed by atoms with Crippen LogP contribution in [0.25, 0.3) is 0 Å². The van der Waals surface area contributed by atoms with Crippen LogP contribution in [0.4, 0.5) is 17.3 Å². The molecule has 2 N–H and O–H groups in total. The number of pyridine rings is 1. The Hall–Kier alpha value is -1.85. The minimum absolute atomic E-state index is 0.00912. The molecule has 86 valence electrons. The van der Waals surface area contributed by atoms with Crippen LogP contribution in [0.3, 0.4) is 0 Å². The molecule has 0 spiro atoms. The van der Waals surface area contributed by atoms with E-state index in [1.165, 1.54) is 25.0 Å². The van der Waals surface area contributed by atoms with Gasteiger partial charge in [-0.15, -0.1) is 0 Å². The van der Waals surface area contributed by atoms with Crippen molar-refractivity contribution < 1.29 is 4.92 Å². The zero-order valence-corrected chi connectivity index (χ0v) is 9.09. The summed E-state index contributed by atoms with van der Waals surface area (Å²) in [4.78, 5) is 16.2. The summed E-state index contributed by atoms with van der Waals surface area (Å²) >= 11 is 0. The first-order valence-corrected chi connectivity index (χ1v) is 5.19. The molecule has 0 aliphatic heterocycles. The summed E-state index contributed by atoms with van der Waals surface area (Å²) in [5.41, 5.74) is 5.53. The van der Waals surface area contributed by atoms with Crippen LogP contribution in [0.1, 0.15) is 12.8 Å². The van der Waals surface area contributed by atoms with Crippen molar-refractivity contribution in [2.24, 2.45) is 5.92 Å². The van der Waals surface area contributed by atoms with Crippen molar-refractivity contribution in [2.75, 3.05) is 24.2 Å². The van der Waals surface area contributed by atoms with Gasteiger partial charge >= 0.3 is 0 Å². The maximum atomic E-state index is 10.7. The summed E-state index contributed by atoms with van der Waals surface area (Å²) in [5, 5.41) is 10.7. The van der Waals surface area contributed by atoms with Crippen LogP contribution in [0.2, 0.25) is 0 Å². The molecule has 0 unspecified atom stereocenters. The lowest BCUT2D eigenvalue weighted by Crippen LogP contribution is -2.21. The average molecular weight is 222 g/mol. The van der Waals surface area contributed by atoms with Crippen molar-refractivity contribution in [3.8, 4) is 0 Å². The second-order valence-corrected chi connectivity index (χ2v) is 4.19. The third-order valence-corrected chi connectivity index (χ3v) is 2.65. The van der Waals surface area contributed by atoms with E-state index in [1.54, 1.807) is 0 Å². The van der Waals surface area contributed by atoms with Gasteiger partial charge in [0.25, 0.3) is 5.69 Å². The number of nitrogens with two attached hydrogens (primary N) is 1. The minimum atomic E-state index is -0.452. The van der Waals surface area contributed by atoms with E-state index in [4.69, 9.17) is 5.73 Å². The van der Waals surface area contributed by atoms with E-state index < -0.39 is 4.92 Å². The van der Waals surface area contributed by atoms with E-state index in [-0.39, 0.29) is 11.5 Å². The van der Waals surface area contributed by atoms with Crippen molar-refractivity contribution in [2.45, 2.75) is 12.8 Å². The number of nitrogens with zero attached hydrogens (tertiary/aromatic N) is 3. The predicted octanol–water partition coefficient (Wildman–Crippen LogP) is 1.42. The molecule has 16 heavy (non-hydrogen) atoms. The first kappa shape index (κ1) is 10.7. The summed E-state index contributed by atoms with van der Waals surface area (Å²) in [6.45, 7) is 0.883. The molecule has 0 amide bonds. The smallest absolute Gasteiger partial charge is 0.276 e. The molecule has 6 nitrogen and oxygen atoms in total. The second kappa shape index (κ2) is 3.96. The van der Waals surface area contributed by atoms with Crippen molar-refractivity contribution >= 4 is 17.3 Å². The molecule has 1 aromatic rings. The zero-order valence-electron chi connectivity index (χ0n) is 9.09. The highest BCUT2D eigenvalue weighted by atomic mass is 16.6. The van der Waals surface area contributed by atoms with Crippen LogP contribution >= 0.6 is 0 Å².